The molecular formula is C66H61N5S. The van der Waals surface area contributed by atoms with Crippen molar-refractivity contribution in [1.29, 1.82) is 5.26 Å². The zero-order valence-electron chi connectivity index (χ0n) is 41.3. The topological polar surface area (TPSA) is 38.4 Å². The molecule has 10 aliphatic rings. The van der Waals surface area contributed by atoms with Gasteiger partial charge in [-0.15, -0.1) is 0 Å². The molecular weight excluding hydrogens is 895 g/mol. The van der Waals surface area contributed by atoms with E-state index in [0.717, 1.165) is 75.5 Å². The first kappa shape index (κ1) is 43.0. The van der Waals surface area contributed by atoms with Gasteiger partial charge in [-0.3, -0.25) is 0 Å². The fraction of sp³-hybridized carbons (Fsp3) is 0.318. The van der Waals surface area contributed by atoms with Crippen LogP contribution in [0.3, 0.4) is 0 Å². The minimum absolute atomic E-state index is 0.0169. The van der Waals surface area contributed by atoms with Gasteiger partial charge in [0.2, 0.25) is 0 Å². The highest BCUT2D eigenvalue weighted by Crippen LogP contribution is 2.65. The van der Waals surface area contributed by atoms with Crippen LogP contribution in [0.5, 0.6) is 0 Å². The number of benzene rings is 4. The second-order valence-corrected chi connectivity index (χ2v) is 23.4. The van der Waals surface area contributed by atoms with E-state index in [1.54, 1.807) is 5.70 Å². The quantitative estimate of drug-likeness (QED) is 0.164. The number of fused-ring (bicyclic) bond motifs is 11. The molecule has 0 radical (unpaired) electrons. The maximum absolute atomic E-state index is 11.8. The van der Waals surface area contributed by atoms with Crippen molar-refractivity contribution in [3.05, 3.63) is 224 Å². The van der Waals surface area contributed by atoms with Crippen molar-refractivity contribution in [2.45, 2.75) is 120 Å². The molecule has 72 heavy (non-hydrogen) atoms. The van der Waals surface area contributed by atoms with Gasteiger partial charge in [0.15, 0.2) is 0 Å². The molecule has 1 fully saturated rings. The van der Waals surface area contributed by atoms with Gasteiger partial charge in [0.05, 0.1) is 40.2 Å². The molecule has 0 N–H and O–H groups in total. The highest BCUT2D eigenvalue weighted by atomic mass is 32.2. The Labute approximate surface area is 429 Å². The van der Waals surface area contributed by atoms with Gasteiger partial charge in [-0.05, 0) is 154 Å². The van der Waals surface area contributed by atoms with Crippen LogP contribution < -0.4 is 4.90 Å². The predicted octanol–water partition coefficient (Wildman–Crippen LogP) is 16.2. The van der Waals surface area contributed by atoms with E-state index in [2.05, 4.69) is 190 Å². The summed E-state index contributed by atoms with van der Waals surface area (Å²) in [7, 11) is 0. The number of aromatic nitrogens is 1. The highest BCUT2D eigenvalue weighted by molar-refractivity contribution is 8.07. The minimum atomic E-state index is -0.0951. The Morgan fingerprint density at radius 3 is 2.43 bits per heavy atom. The normalized spacial score (nSPS) is 28.6. The molecule has 6 aliphatic carbocycles. The average Bonchev–Trinajstić information content (AvgIpc) is 3.96. The van der Waals surface area contributed by atoms with Crippen molar-refractivity contribution in [2.24, 2.45) is 11.3 Å². The van der Waals surface area contributed by atoms with Crippen molar-refractivity contribution in [3.8, 4) is 22.9 Å². The molecule has 4 aromatic carbocycles. The molecule has 4 aliphatic heterocycles. The number of allylic oxidation sites excluding steroid dienone is 14. The van der Waals surface area contributed by atoms with Crippen LogP contribution in [0, 0.1) is 22.7 Å². The summed E-state index contributed by atoms with van der Waals surface area (Å²) in [5, 5.41) is 13.1. The lowest BCUT2D eigenvalue weighted by atomic mass is 9.58. The molecule has 1 spiro atoms. The van der Waals surface area contributed by atoms with E-state index in [9.17, 15) is 5.26 Å². The molecule has 1 saturated heterocycles. The van der Waals surface area contributed by atoms with E-state index in [1.807, 2.05) is 11.8 Å². The fourth-order valence-electron chi connectivity index (χ4n) is 15.5. The van der Waals surface area contributed by atoms with Gasteiger partial charge in [0, 0.05) is 67.0 Å². The Morgan fingerprint density at radius 1 is 0.750 bits per heavy atom. The molecule has 6 unspecified atom stereocenters. The highest BCUT2D eigenvalue weighted by Gasteiger charge is 2.55. The number of piperidine rings is 1. The lowest BCUT2D eigenvalue weighted by Gasteiger charge is -2.60. The number of thioether (sulfide) groups is 1. The summed E-state index contributed by atoms with van der Waals surface area (Å²) < 4.78 is 2.58. The van der Waals surface area contributed by atoms with Crippen molar-refractivity contribution >= 4 is 28.4 Å². The van der Waals surface area contributed by atoms with Crippen molar-refractivity contribution in [1.82, 2.24) is 14.4 Å². The zero-order valence-corrected chi connectivity index (χ0v) is 42.1. The SMILES string of the molecule is CC1C2c3cc(C#N)c(-n4c5c(c6ccccc64)C4C6=C(CCC=C6)N(C6C=CCCC6)C4CC5)cc3N3C4=C(CCC=C4)SC4=C3C[C@@]1(C=C4)CC(c1ccc(-c3ccccc3)cc1)N2C1=CC=CCC1. The fourth-order valence-corrected chi connectivity index (χ4v) is 16.7. The maximum Gasteiger partial charge on any atom is 0.101 e. The van der Waals surface area contributed by atoms with Gasteiger partial charge < -0.3 is 19.3 Å². The monoisotopic (exact) mass is 955 g/mol. The number of para-hydroxylation sites is 1. The molecule has 1 aromatic heterocycles. The Kier molecular flexibility index (Phi) is 9.95. The van der Waals surface area contributed by atoms with Crippen LogP contribution >= 0.6 is 11.8 Å². The zero-order chi connectivity index (χ0) is 47.7. The number of anilines is 1. The first-order valence-corrected chi connectivity index (χ1v) is 28.0. The van der Waals surface area contributed by atoms with Crippen LogP contribution in [0.25, 0.3) is 27.7 Å². The van der Waals surface area contributed by atoms with Gasteiger partial charge in [-0.1, -0.05) is 140 Å². The third-order valence-electron chi connectivity index (χ3n) is 18.7. The smallest absolute Gasteiger partial charge is 0.101 e. The van der Waals surface area contributed by atoms with Gasteiger partial charge in [0.1, 0.15) is 6.07 Å². The van der Waals surface area contributed by atoms with E-state index in [-0.39, 0.29) is 23.4 Å². The number of nitriles is 1. The van der Waals surface area contributed by atoms with Crippen LogP contribution in [0.1, 0.15) is 130 Å². The third kappa shape index (κ3) is 6.32. The van der Waals surface area contributed by atoms with Crippen LogP contribution in [-0.4, -0.2) is 26.5 Å². The minimum Gasteiger partial charge on any atom is -0.364 e. The molecule has 15 rings (SSSR count). The molecule has 5 aromatic rings. The summed E-state index contributed by atoms with van der Waals surface area (Å²) in [6.07, 6.45) is 41.1. The predicted molar refractivity (Wildman–Crippen MR) is 295 cm³/mol. The molecule has 5 heterocycles. The Hall–Kier alpha value is -6.68. The van der Waals surface area contributed by atoms with E-state index < -0.39 is 0 Å². The second-order valence-electron chi connectivity index (χ2n) is 22.2. The Morgan fingerprint density at radius 2 is 1.58 bits per heavy atom. The first-order chi connectivity index (χ1) is 35.6. The summed E-state index contributed by atoms with van der Waals surface area (Å²) in [6.45, 7) is 2.55. The number of hydrogen-bond acceptors (Lipinski definition) is 5. The van der Waals surface area contributed by atoms with Crippen molar-refractivity contribution in [3.63, 3.8) is 0 Å². The van der Waals surface area contributed by atoms with Crippen LogP contribution in [0.2, 0.25) is 0 Å². The Bertz CT molecular complexity index is 3450. The van der Waals surface area contributed by atoms with Crippen LogP contribution in [-0.2, 0) is 6.42 Å². The standard InChI is InChI=1S/C66H61N5S/c1-42-65-51-37-46(41-67)57(70-53-26-14-12-24-50(53)64-56(70)34-33-55-63(64)49-23-11-13-25-52(49)68(55)47-19-7-3-8-20-47)38-58(51)71-54-27-15-16-28-61(54)72-62-35-36-66(42,40-60(62)71)39-59(69(65)48-21-9-4-10-22-48)45-31-29-44(30-32-45)43-17-5-2-6-18-43/h2,4-7,9,11-12,14-15,17-19,21,23-24,26-27,29-32,35-38,42,47,55,59,63,65H,3,8,10,13,16,20,22,25,28,33-34,39-40H2,1H3/t42?,47?,55?,59?,63?,65?,66-/m1/s1. The van der Waals surface area contributed by atoms with Gasteiger partial charge in [-0.25, -0.2) is 0 Å². The first-order valence-electron chi connectivity index (χ1n) is 27.2. The average molecular weight is 956 g/mol. The Balaban J connectivity index is 0.961. The lowest BCUT2D eigenvalue weighted by Crippen LogP contribution is -2.52. The summed E-state index contributed by atoms with van der Waals surface area (Å²) in [6, 6.07) is 38.4. The summed E-state index contributed by atoms with van der Waals surface area (Å²) in [5.41, 5.74) is 19.5. The molecule has 0 amide bonds. The van der Waals surface area contributed by atoms with Gasteiger partial charge in [-0.2, -0.15) is 5.26 Å². The number of rotatable bonds is 5. The molecule has 3 bridgehead atoms. The molecule has 6 heteroatoms. The van der Waals surface area contributed by atoms with Crippen LogP contribution in [0.4, 0.5) is 5.69 Å². The van der Waals surface area contributed by atoms with Gasteiger partial charge >= 0.3 is 0 Å². The lowest BCUT2D eigenvalue weighted by molar-refractivity contribution is -0.0116. The summed E-state index contributed by atoms with van der Waals surface area (Å²) in [4.78, 5) is 11.3. The number of hydrogen-bond donors (Lipinski definition) is 0. The van der Waals surface area contributed by atoms with E-state index >= 15 is 0 Å². The van der Waals surface area contributed by atoms with E-state index in [0.29, 0.717) is 18.0 Å². The van der Waals surface area contributed by atoms with Crippen LogP contribution in [0.15, 0.2) is 196 Å². The molecule has 7 atom stereocenters. The molecule has 356 valence electrons. The molecule has 5 nitrogen and oxygen atoms in total. The second kappa shape index (κ2) is 16.7. The van der Waals surface area contributed by atoms with Gasteiger partial charge in [0.25, 0.3) is 0 Å². The van der Waals surface area contributed by atoms with E-state index in [1.165, 1.54) is 102 Å². The number of nitrogens with zero attached hydrogens (tertiary/aromatic N) is 5. The van der Waals surface area contributed by atoms with E-state index in [4.69, 9.17) is 0 Å². The van der Waals surface area contributed by atoms with Crippen molar-refractivity contribution in [2.75, 3.05) is 4.90 Å². The number of likely N-dealkylation sites (tertiary alicyclic amines) is 1. The summed E-state index contributed by atoms with van der Waals surface area (Å²) >= 11 is 2.01. The maximum atomic E-state index is 11.8. The van der Waals surface area contributed by atoms with Crippen molar-refractivity contribution < 1.29 is 0 Å². The largest absolute Gasteiger partial charge is 0.364 e. The molecule has 0 saturated carbocycles. The third-order valence-corrected chi connectivity index (χ3v) is 20.0. The summed E-state index contributed by atoms with van der Waals surface area (Å²) in [5.74, 6) is 0.571.